The van der Waals surface area contributed by atoms with Gasteiger partial charge in [-0.3, -0.25) is 19.4 Å². The first kappa shape index (κ1) is 21.2. The molecule has 2 heterocycles. The zero-order valence-electron chi connectivity index (χ0n) is 18.0. The number of amides is 2. The fraction of sp³-hybridized carbons (Fsp3) is 0.417. The van der Waals surface area contributed by atoms with Crippen molar-refractivity contribution in [2.24, 2.45) is 0 Å². The SMILES string of the molecule is COc1ccc(N2CCN(CCCCN3C(=O)COc4ccccc4C3=O)CC2)cc1. The number of anilines is 1. The molecule has 2 aliphatic heterocycles. The molecule has 2 amide bonds. The van der Waals surface area contributed by atoms with Crippen LogP contribution in [-0.4, -0.2) is 74.6 Å². The van der Waals surface area contributed by atoms with Crippen molar-refractivity contribution in [2.45, 2.75) is 12.8 Å². The highest BCUT2D eigenvalue weighted by molar-refractivity contribution is 6.07. The summed E-state index contributed by atoms with van der Waals surface area (Å²) >= 11 is 0. The Morgan fingerprint density at radius 3 is 2.35 bits per heavy atom. The van der Waals surface area contributed by atoms with Crippen LogP contribution in [0, 0.1) is 0 Å². The minimum Gasteiger partial charge on any atom is -0.497 e. The molecule has 0 spiro atoms. The van der Waals surface area contributed by atoms with E-state index in [-0.39, 0.29) is 18.4 Å². The second-order valence-corrected chi connectivity index (χ2v) is 7.87. The van der Waals surface area contributed by atoms with Crippen LogP contribution in [-0.2, 0) is 4.79 Å². The Morgan fingerprint density at radius 2 is 1.61 bits per heavy atom. The van der Waals surface area contributed by atoms with Gasteiger partial charge in [0.15, 0.2) is 6.61 Å². The van der Waals surface area contributed by atoms with E-state index in [1.54, 1.807) is 31.4 Å². The molecule has 4 rings (SSSR count). The van der Waals surface area contributed by atoms with E-state index >= 15 is 0 Å². The highest BCUT2D eigenvalue weighted by Crippen LogP contribution is 2.23. The molecule has 0 N–H and O–H groups in total. The number of hydrogen-bond acceptors (Lipinski definition) is 6. The maximum atomic E-state index is 12.8. The smallest absolute Gasteiger partial charge is 0.267 e. The van der Waals surface area contributed by atoms with Crippen LogP contribution in [0.15, 0.2) is 48.5 Å². The van der Waals surface area contributed by atoms with E-state index < -0.39 is 0 Å². The van der Waals surface area contributed by atoms with Crippen molar-refractivity contribution in [3.63, 3.8) is 0 Å². The van der Waals surface area contributed by atoms with Gasteiger partial charge in [-0.25, -0.2) is 0 Å². The minimum absolute atomic E-state index is 0.0872. The van der Waals surface area contributed by atoms with Crippen LogP contribution in [0.25, 0.3) is 0 Å². The topological polar surface area (TPSA) is 62.3 Å². The maximum absolute atomic E-state index is 12.8. The van der Waals surface area contributed by atoms with E-state index in [4.69, 9.17) is 9.47 Å². The summed E-state index contributed by atoms with van der Waals surface area (Å²) in [5, 5.41) is 0. The average molecular weight is 424 g/mol. The van der Waals surface area contributed by atoms with Crippen LogP contribution < -0.4 is 14.4 Å². The first-order valence-corrected chi connectivity index (χ1v) is 10.8. The summed E-state index contributed by atoms with van der Waals surface area (Å²) in [6.07, 6.45) is 1.74. The Morgan fingerprint density at radius 1 is 0.903 bits per heavy atom. The lowest BCUT2D eigenvalue weighted by atomic mass is 10.1. The quantitative estimate of drug-likeness (QED) is 0.504. The number of benzene rings is 2. The molecule has 0 unspecified atom stereocenters. The number of fused-ring (bicyclic) bond motifs is 1. The van der Waals surface area contributed by atoms with Crippen molar-refractivity contribution >= 4 is 17.5 Å². The Balaban J connectivity index is 1.21. The molecular formula is C24H29N3O4. The van der Waals surface area contributed by atoms with Crippen molar-refractivity contribution in [1.29, 1.82) is 0 Å². The fourth-order valence-electron chi connectivity index (χ4n) is 4.10. The van der Waals surface area contributed by atoms with Gasteiger partial charge in [0, 0.05) is 38.4 Å². The van der Waals surface area contributed by atoms with E-state index in [1.165, 1.54) is 10.6 Å². The van der Waals surface area contributed by atoms with Crippen molar-refractivity contribution in [1.82, 2.24) is 9.80 Å². The normalized spacial score (nSPS) is 17.2. The maximum Gasteiger partial charge on any atom is 0.267 e. The number of carbonyl (C=O) groups is 2. The van der Waals surface area contributed by atoms with Gasteiger partial charge in [-0.2, -0.15) is 0 Å². The number of rotatable bonds is 7. The van der Waals surface area contributed by atoms with Crippen molar-refractivity contribution in [3.8, 4) is 11.5 Å². The summed E-state index contributed by atoms with van der Waals surface area (Å²) in [4.78, 5) is 31.3. The third-order valence-electron chi connectivity index (χ3n) is 5.93. The van der Waals surface area contributed by atoms with Gasteiger partial charge in [0.25, 0.3) is 11.8 Å². The second kappa shape index (κ2) is 9.83. The number of para-hydroxylation sites is 1. The molecule has 1 saturated heterocycles. The number of nitrogens with zero attached hydrogens (tertiary/aromatic N) is 3. The molecule has 7 nitrogen and oxygen atoms in total. The summed E-state index contributed by atoms with van der Waals surface area (Å²) in [6, 6.07) is 15.2. The number of hydrogen-bond donors (Lipinski definition) is 0. The van der Waals surface area contributed by atoms with E-state index in [0.29, 0.717) is 17.9 Å². The van der Waals surface area contributed by atoms with E-state index in [2.05, 4.69) is 21.9 Å². The van der Waals surface area contributed by atoms with Gasteiger partial charge in [-0.05, 0) is 55.8 Å². The molecule has 1 fully saturated rings. The first-order chi connectivity index (χ1) is 15.2. The Bertz CT molecular complexity index is 907. The lowest BCUT2D eigenvalue weighted by molar-refractivity contribution is -0.130. The van der Waals surface area contributed by atoms with Crippen LogP contribution in [0.4, 0.5) is 5.69 Å². The molecular weight excluding hydrogens is 394 g/mol. The van der Waals surface area contributed by atoms with E-state index in [9.17, 15) is 9.59 Å². The molecule has 2 aliphatic rings. The van der Waals surface area contributed by atoms with Gasteiger partial charge in [0.1, 0.15) is 11.5 Å². The highest BCUT2D eigenvalue weighted by atomic mass is 16.5. The van der Waals surface area contributed by atoms with Crippen molar-refractivity contribution in [2.75, 3.05) is 57.9 Å². The van der Waals surface area contributed by atoms with Gasteiger partial charge in [-0.1, -0.05) is 12.1 Å². The number of ether oxygens (including phenoxy) is 2. The van der Waals surface area contributed by atoms with Gasteiger partial charge >= 0.3 is 0 Å². The average Bonchev–Trinajstić information content (AvgIpc) is 2.94. The lowest BCUT2D eigenvalue weighted by Crippen LogP contribution is -2.46. The number of carbonyl (C=O) groups excluding carboxylic acids is 2. The van der Waals surface area contributed by atoms with E-state index in [1.807, 2.05) is 12.1 Å². The summed E-state index contributed by atoms with van der Waals surface area (Å²) in [6.45, 7) is 5.31. The van der Waals surface area contributed by atoms with Gasteiger partial charge in [0.2, 0.25) is 0 Å². The molecule has 7 heteroatoms. The van der Waals surface area contributed by atoms with Crippen molar-refractivity contribution < 1.29 is 19.1 Å². The molecule has 0 radical (unpaired) electrons. The predicted molar refractivity (Wildman–Crippen MR) is 119 cm³/mol. The molecule has 31 heavy (non-hydrogen) atoms. The minimum atomic E-state index is -0.269. The van der Waals surface area contributed by atoms with Crippen LogP contribution in [0.2, 0.25) is 0 Å². The second-order valence-electron chi connectivity index (χ2n) is 7.87. The Hall–Kier alpha value is -3.06. The molecule has 2 aromatic carbocycles. The molecule has 2 aromatic rings. The summed E-state index contributed by atoms with van der Waals surface area (Å²) in [5.41, 5.74) is 1.68. The summed E-state index contributed by atoms with van der Waals surface area (Å²) in [5.74, 6) is 0.831. The molecule has 0 aromatic heterocycles. The zero-order chi connectivity index (χ0) is 21.6. The monoisotopic (exact) mass is 423 g/mol. The number of methoxy groups -OCH3 is 1. The molecule has 0 atom stereocenters. The van der Waals surface area contributed by atoms with Crippen LogP contribution in [0.5, 0.6) is 11.5 Å². The molecule has 164 valence electrons. The van der Waals surface area contributed by atoms with Gasteiger partial charge < -0.3 is 14.4 Å². The number of unbranched alkanes of at least 4 members (excludes halogenated alkanes) is 1. The first-order valence-electron chi connectivity index (χ1n) is 10.8. The fourth-order valence-corrected chi connectivity index (χ4v) is 4.10. The van der Waals surface area contributed by atoms with Crippen LogP contribution in [0.3, 0.4) is 0 Å². The number of piperazine rings is 1. The predicted octanol–water partition coefficient (Wildman–Crippen LogP) is 2.66. The largest absolute Gasteiger partial charge is 0.497 e. The third-order valence-corrected chi connectivity index (χ3v) is 5.93. The molecule has 0 bridgehead atoms. The summed E-state index contributed by atoms with van der Waals surface area (Å²) in [7, 11) is 1.68. The summed E-state index contributed by atoms with van der Waals surface area (Å²) < 4.78 is 10.7. The van der Waals surface area contributed by atoms with Gasteiger partial charge in [-0.15, -0.1) is 0 Å². The number of imide groups is 1. The van der Waals surface area contributed by atoms with Gasteiger partial charge in [0.05, 0.1) is 12.7 Å². The van der Waals surface area contributed by atoms with E-state index in [0.717, 1.165) is 51.3 Å². The van der Waals surface area contributed by atoms with Crippen LogP contribution in [0.1, 0.15) is 23.2 Å². The zero-order valence-corrected chi connectivity index (χ0v) is 18.0. The Kier molecular flexibility index (Phi) is 6.72. The van der Waals surface area contributed by atoms with Crippen molar-refractivity contribution in [3.05, 3.63) is 54.1 Å². The van der Waals surface area contributed by atoms with Crippen LogP contribution >= 0.6 is 0 Å². The molecule has 0 aliphatic carbocycles. The highest BCUT2D eigenvalue weighted by Gasteiger charge is 2.28. The lowest BCUT2D eigenvalue weighted by Gasteiger charge is -2.36. The molecule has 0 saturated carbocycles. The standard InChI is InChI=1S/C24H29N3O4/c1-30-20-10-8-19(9-11-20)26-16-14-25(15-17-26)12-4-5-13-27-23(28)18-31-22-7-3-2-6-21(22)24(27)29/h2-3,6-11H,4-5,12-18H2,1H3. The third kappa shape index (κ3) is 4.99. The Labute approximate surface area is 183 Å².